The van der Waals surface area contributed by atoms with Crippen LogP contribution < -0.4 is 5.73 Å². The van der Waals surface area contributed by atoms with E-state index in [1.807, 2.05) is 0 Å². The number of imidazole rings is 1. The lowest BCUT2D eigenvalue weighted by atomic mass is 10.4. The summed E-state index contributed by atoms with van der Waals surface area (Å²) in [5, 5.41) is 10.00. The molecule has 1 unspecified atom stereocenters. The van der Waals surface area contributed by atoms with Gasteiger partial charge in [-0.3, -0.25) is 0 Å². The van der Waals surface area contributed by atoms with Crippen LogP contribution >= 0.6 is 15.9 Å². The number of nitrogens with two attached hydrogens (primary N) is 1. The molecule has 0 saturated heterocycles. The summed E-state index contributed by atoms with van der Waals surface area (Å²) in [7, 11) is 0. The fourth-order valence-electron chi connectivity index (χ4n) is 1.31. The van der Waals surface area contributed by atoms with Crippen molar-refractivity contribution in [1.82, 2.24) is 19.5 Å². The minimum Gasteiger partial charge on any atom is -0.390 e. The summed E-state index contributed by atoms with van der Waals surface area (Å²) in [6.45, 7) is 0.429. The largest absolute Gasteiger partial charge is 0.390 e. The average Bonchev–Trinajstić information content (AvgIpc) is 2.63. The van der Waals surface area contributed by atoms with Crippen molar-refractivity contribution < 1.29 is 5.11 Å². The Morgan fingerprint density at radius 1 is 1.47 bits per heavy atom. The molecular weight excluding hydrogens is 262 g/mol. The molecule has 0 aliphatic carbocycles. The van der Waals surface area contributed by atoms with Crippen LogP contribution in [0.25, 0.3) is 11.2 Å². The van der Waals surface area contributed by atoms with Gasteiger partial charge in [0.25, 0.3) is 0 Å². The van der Waals surface area contributed by atoms with Crippen molar-refractivity contribution in [3.8, 4) is 0 Å². The highest BCUT2D eigenvalue weighted by Crippen LogP contribution is 2.14. The van der Waals surface area contributed by atoms with Crippen molar-refractivity contribution in [3.05, 3.63) is 12.7 Å². The van der Waals surface area contributed by atoms with Gasteiger partial charge in [0.2, 0.25) is 0 Å². The van der Waals surface area contributed by atoms with Crippen LogP contribution in [0.4, 0.5) is 5.82 Å². The highest BCUT2D eigenvalue weighted by molar-refractivity contribution is 9.09. The third-order valence-corrected chi connectivity index (χ3v) is 2.76. The Labute approximate surface area is 94.3 Å². The molecule has 0 bridgehead atoms. The lowest BCUT2D eigenvalue weighted by Crippen LogP contribution is -2.16. The van der Waals surface area contributed by atoms with E-state index in [2.05, 4.69) is 30.9 Å². The molecule has 0 amide bonds. The number of fused-ring (bicyclic) bond motifs is 1. The molecule has 0 aliphatic rings. The van der Waals surface area contributed by atoms with E-state index < -0.39 is 6.10 Å². The van der Waals surface area contributed by atoms with Gasteiger partial charge >= 0.3 is 0 Å². The average molecular weight is 272 g/mol. The van der Waals surface area contributed by atoms with Gasteiger partial charge in [-0.2, -0.15) is 0 Å². The molecule has 0 aliphatic heterocycles. The third-order valence-electron chi connectivity index (χ3n) is 2.02. The second-order valence-electron chi connectivity index (χ2n) is 3.14. The topological polar surface area (TPSA) is 89.9 Å². The molecule has 3 N–H and O–H groups in total. The summed E-state index contributed by atoms with van der Waals surface area (Å²) >= 11 is 3.20. The zero-order valence-electron chi connectivity index (χ0n) is 7.84. The number of halogens is 1. The van der Waals surface area contributed by atoms with Crippen LogP contribution in [0.3, 0.4) is 0 Å². The summed E-state index contributed by atoms with van der Waals surface area (Å²) in [5.41, 5.74) is 6.84. The first-order valence-electron chi connectivity index (χ1n) is 4.37. The van der Waals surface area contributed by atoms with E-state index in [0.717, 1.165) is 0 Å². The highest BCUT2D eigenvalue weighted by Gasteiger charge is 2.10. The molecule has 0 saturated carbocycles. The molecule has 15 heavy (non-hydrogen) atoms. The number of hydrogen-bond donors (Lipinski definition) is 2. The van der Waals surface area contributed by atoms with Gasteiger partial charge in [0, 0.05) is 5.33 Å². The zero-order chi connectivity index (χ0) is 10.8. The Morgan fingerprint density at radius 3 is 3.00 bits per heavy atom. The number of anilines is 1. The molecular formula is C8H10BrN5O. The van der Waals surface area contributed by atoms with E-state index in [1.165, 1.54) is 6.33 Å². The summed E-state index contributed by atoms with van der Waals surface area (Å²) in [5.74, 6) is 0.354. The number of rotatable bonds is 3. The van der Waals surface area contributed by atoms with Crippen molar-refractivity contribution in [3.63, 3.8) is 0 Å². The Balaban J connectivity index is 2.41. The predicted molar refractivity (Wildman–Crippen MR) is 59.5 cm³/mol. The van der Waals surface area contributed by atoms with E-state index in [-0.39, 0.29) is 0 Å². The fourth-order valence-corrected chi connectivity index (χ4v) is 1.51. The number of nitrogen functional groups attached to an aromatic ring is 1. The molecule has 0 radical (unpaired) electrons. The first-order chi connectivity index (χ1) is 7.22. The van der Waals surface area contributed by atoms with Gasteiger partial charge in [-0.15, -0.1) is 0 Å². The normalized spacial score (nSPS) is 13.2. The lowest BCUT2D eigenvalue weighted by Gasteiger charge is -2.07. The van der Waals surface area contributed by atoms with Crippen LogP contribution in [-0.2, 0) is 6.54 Å². The first kappa shape index (κ1) is 10.3. The summed E-state index contributed by atoms with van der Waals surface area (Å²) in [4.78, 5) is 12.0. The summed E-state index contributed by atoms with van der Waals surface area (Å²) in [6, 6.07) is 0. The van der Waals surface area contributed by atoms with E-state index in [0.29, 0.717) is 28.9 Å². The lowest BCUT2D eigenvalue weighted by molar-refractivity contribution is 0.180. The van der Waals surface area contributed by atoms with Crippen molar-refractivity contribution in [2.45, 2.75) is 12.6 Å². The molecule has 2 heterocycles. The number of aliphatic hydroxyl groups is 1. The molecule has 80 valence electrons. The van der Waals surface area contributed by atoms with E-state index in [1.54, 1.807) is 10.9 Å². The first-order valence-corrected chi connectivity index (χ1v) is 5.50. The number of hydrogen-bond acceptors (Lipinski definition) is 5. The maximum Gasteiger partial charge on any atom is 0.165 e. The van der Waals surface area contributed by atoms with Gasteiger partial charge in [0.15, 0.2) is 11.5 Å². The van der Waals surface area contributed by atoms with Gasteiger partial charge in [-0.25, -0.2) is 15.0 Å². The molecule has 6 nitrogen and oxygen atoms in total. The summed E-state index contributed by atoms with van der Waals surface area (Å²) in [6.07, 6.45) is 2.51. The Morgan fingerprint density at radius 2 is 2.27 bits per heavy atom. The van der Waals surface area contributed by atoms with Crippen molar-refractivity contribution in [2.75, 3.05) is 11.1 Å². The molecule has 2 aromatic heterocycles. The van der Waals surface area contributed by atoms with Gasteiger partial charge < -0.3 is 15.4 Å². The molecule has 7 heteroatoms. The van der Waals surface area contributed by atoms with Gasteiger partial charge in [0.1, 0.15) is 11.8 Å². The second-order valence-corrected chi connectivity index (χ2v) is 3.78. The van der Waals surface area contributed by atoms with Crippen LogP contribution in [0.1, 0.15) is 0 Å². The SMILES string of the molecule is Nc1ncnc2c1ncn2CC(O)CBr. The Kier molecular flexibility index (Phi) is 2.83. The smallest absolute Gasteiger partial charge is 0.165 e. The maximum absolute atomic E-state index is 9.49. The van der Waals surface area contributed by atoms with E-state index >= 15 is 0 Å². The molecule has 2 aromatic rings. The van der Waals surface area contributed by atoms with Gasteiger partial charge in [-0.05, 0) is 0 Å². The van der Waals surface area contributed by atoms with Gasteiger partial charge in [0.05, 0.1) is 19.0 Å². The number of aromatic nitrogens is 4. The zero-order valence-corrected chi connectivity index (χ0v) is 9.42. The quantitative estimate of drug-likeness (QED) is 0.777. The van der Waals surface area contributed by atoms with Crippen molar-refractivity contribution in [2.24, 2.45) is 0 Å². The molecule has 2 rings (SSSR count). The van der Waals surface area contributed by atoms with Crippen molar-refractivity contribution >= 4 is 32.9 Å². The Bertz CT molecular complexity index is 471. The number of nitrogens with zero attached hydrogens (tertiary/aromatic N) is 4. The Hall–Kier alpha value is -1.21. The van der Waals surface area contributed by atoms with E-state index in [9.17, 15) is 5.11 Å². The van der Waals surface area contributed by atoms with Gasteiger partial charge in [-0.1, -0.05) is 15.9 Å². The van der Waals surface area contributed by atoms with Crippen LogP contribution in [-0.4, -0.2) is 36.1 Å². The minimum atomic E-state index is -0.474. The predicted octanol–water partition coefficient (Wildman–Crippen LogP) is 0.164. The standard InChI is InChI=1S/C8H10BrN5O/c9-1-5(15)2-14-4-13-6-7(10)11-3-12-8(6)14/h3-5,15H,1-2H2,(H2,10,11,12). The third kappa shape index (κ3) is 1.93. The number of aliphatic hydroxyl groups excluding tert-OH is 1. The maximum atomic E-state index is 9.49. The molecule has 1 atom stereocenters. The van der Waals surface area contributed by atoms with Crippen LogP contribution in [0, 0.1) is 0 Å². The monoisotopic (exact) mass is 271 g/mol. The molecule has 0 fully saturated rings. The fraction of sp³-hybridized carbons (Fsp3) is 0.375. The van der Waals surface area contributed by atoms with Crippen LogP contribution in [0.5, 0.6) is 0 Å². The van der Waals surface area contributed by atoms with Crippen LogP contribution in [0.2, 0.25) is 0 Å². The summed E-state index contributed by atoms with van der Waals surface area (Å²) < 4.78 is 1.75. The number of alkyl halides is 1. The van der Waals surface area contributed by atoms with Crippen molar-refractivity contribution in [1.29, 1.82) is 0 Å². The molecule has 0 aromatic carbocycles. The van der Waals surface area contributed by atoms with E-state index in [4.69, 9.17) is 5.73 Å². The minimum absolute atomic E-state index is 0.354. The highest BCUT2D eigenvalue weighted by atomic mass is 79.9. The second kappa shape index (κ2) is 4.11. The molecule has 0 spiro atoms. The van der Waals surface area contributed by atoms with Crippen LogP contribution in [0.15, 0.2) is 12.7 Å².